The second-order valence-corrected chi connectivity index (χ2v) is 1.22. The Bertz CT molecular complexity index is 67.5. The van der Waals surface area contributed by atoms with E-state index in [2.05, 4.69) is 16.1 Å². The molecular weight excluding hydrogens is 110 g/mol. The number of amides is 1. The van der Waals surface area contributed by atoms with Gasteiger partial charge in [-0.2, -0.15) is 0 Å². The van der Waals surface area contributed by atoms with Gasteiger partial charge in [0.15, 0.2) is 0 Å². The first kappa shape index (κ1) is 7.35. The van der Waals surface area contributed by atoms with Crippen molar-refractivity contribution < 1.29 is 9.63 Å². The zero-order chi connectivity index (χ0) is 6.41. The van der Waals surface area contributed by atoms with E-state index in [0.29, 0.717) is 6.41 Å². The van der Waals surface area contributed by atoms with Crippen molar-refractivity contribution in [3.8, 4) is 0 Å². The number of hydrogen-bond donors (Lipinski definition) is 3. The Morgan fingerprint density at radius 3 is 2.88 bits per heavy atom. The number of carbonyl (C=O) groups excluding carboxylic acids is 1. The molecule has 48 valence electrons. The number of nitrogens with one attached hydrogen (secondary N) is 1. The summed E-state index contributed by atoms with van der Waals surface area (Å²) in [4.78, 5) is 13.7. The number of hydrogen-bond acceptors (Lipinski definition) is 4. The van der Waals surface area contributed by atoms with Crippen LogP contribution in [-0.4, -0.2) is 19.2 Å². The molecule has 1 amide bonds. The molecule has 5 nitrogen and oxygen atoms in total. The fourth-order valence-electron chi connectivity index (χ4n) is 0.239. The van der Waals surface area contributed by atoms with Gasteiger partial charge in [-0.1, -0.05) is 0 Å². The molecule has 5 heteroatoms. The molecule has 0 aliphatic heterocycles. The smallest absolute Gasteiger partial charge is 0.208 e. The van der Waals surface area contributed by atoms with E-state index >= 15 is 0 Å². The average molecular weight is 119 g/mol. The average Bonchev–Trinajstić information content (AvgIpc) is 1.68. The highest BCUT2D eigenvalue weighted by Gasteiger charge is 1.95. The SMILES string of the molecule is NOCC(N)NC=O. The predicted octanol–water partition coefficient (Wildman–Crippen LogP) is -2.09. The Morgan fingerprint density at radius 1 is 1.88 bits per heavy atom. The van der Waals surface area contributed by atoms with Gasteiger partial charge in [0.2, 0.25) is 6.41 Å². The summed E-state index contributed by atoms with van der Waals surface area (Å²) in [5.41, 5.74) is 5.15. The van der Waals surface area contributed by atoms with Gasteiger partial charge in [-0.3, -0.25) is 4.79 Å². The lowest BCUT2D eigenvalue weighted by Crippen LogP contribution is -2.41. The lowest BCUT2D eigenvalue weighted by molar-refractivity contribution is -0.110. The maximum absolute atomic E-state index is 9.60. The number of carbonyl (C=O) groups is 1. The summed E-state index contributed by atoms with van der Waals surface area (Å²) in [6, 6.07) is 0. The van der Waals surface area contributed by atoms with Gasteiger partial charge in [-0.15, -0.1) is 0 Å². The van der Waals surface area contributed by atoms with E-state index in [-0.39, 0.29) is 6.61 Å². The van der Waals surface area contributed by atoms with E-state index in [1.807, 2.05) is 0 Å². The standard InChI is InChI=1S/C3H9N3O2/c4-3(1-8-5)6-2-7/h2-3H,1,4-5H2,(H,6,7). The molecule has 1 atom stereocenters. The van der Waals surface area contributed by atoms with Crippen LogP contribution in [0.5, 0.6) is 0 Å². The Labute approximate surface area is 46.9 Å². The van der Waals surface area contributed by atoms with E-state index < -0.39 is 6.17 Å². The fourth-order valence-corrected chi connectivity index (χ4v) is 0.239. The number of nitrogens with two attached hydrogens (primary N) is 2. The van der Waals surface area contributed by atoms with E-state index in [0.717, 1.165) is 0 Å². The molecular formula is C3H9N3O2. The molecule has 0 saturated heterocycles. The largest absolute Gasteiger partial charge is 0.341 e. The van der Waals surface area contributed by atoms with Crippen molar-refractivity contribution in [2.45, 2.75) is 6.17 Å². The summed E-state index contributed by atoms with van der Waals surface area (Å²) < 4.78 is 0. The summed E-state index contributed by atoms with van der Waals surface area (Å²) in [7, 11) is 0. The molecule has 8 heavy (non-hydrogen) atoms. The number of rotatable bonds is 4. The minimum atomic E-state index is -0.502. The summed E-state index contributed by atoms with van der Waals surface area (Å²) in [6.45, 7) is 0.124. The summed E-state index contributed by atoms with van der Waals surface area (Å²) in [6.07, 6.45) is -0.0125. The van der Waals surface area contributed by atoms with Crippen LogP contribution in [0.2, 0.25) is 0 Å². The van der Waals surface area contributed by atoms with E-state index in [4.69, 9.17) is 5.73 Å². The molecule has 0 spiro atoms. The molecule has 0 aliphatic rings. The normalized spacial score (nSPS) is 12.8. The van der Waals surface area contributed by atoms with Crippen molar-refractivity contribution >= 4 is 6.41 Å². The predicted molar refractivity (Wildman–Crippen MR) is 27.3 cm³/mol. The molecule has 0 bridgehead atoms. The first-order chi connectivity index (χ1) is 3.81. The van der Waals surface area contributed by atoms with Crippen LogP contribution >= 0.6 is 0 Å². The molecule has 0 heterocycles. The van der Waals surface area contributed by atoms with Crippen molar-refractivity contribution in [2.24, 2.45) is 11.6 Å². The highest BCUT2D eigenvalue weighted by atomic mass is 16.6. The topological polar surface area (TPSA) is 90.4 Å². The highest BCUT2D eigenvalue weighted by molar-refractivity contribution is 5.46. The lowest BCUT2D eigenvalue weighted by Gasteiger charge is -2.05. The van der Waals surface area contributed by atoms with Gasteiger partial charge in [0.25, 0.3) is 0 Å². The van der Waals surface area contributed by atoms with Crippen LogP contribution in [0, 0.1) is 0 Å². The Hall–Kier alpha value is -0.650. The third-order valence-electron chi connectivity index (χ3n) is 0.558. The Morgan fingerprint density at radius 2 is 2.50 bits per heavy atom. The Kier molecular flexibility index (Phi) is 4.14. The third kappa shape index (κ3) is 3.54. The molecule has 0 saturated carbocycles. The van der Waals surface area contributed by atoms with Gasteiger partial charge < -0.3 is 15.9 Å². The van der Waals surface area contributed by atoms with Crippen LogP contribution in [0.1, 0.15) is 0 Å². The summed E-state index contributed by atoms with van der Waals surface area (Å²) in [5.74, 6) is 4.62. The molecule has 0 aromatic rings. The zero-order valence-corrected chi connectivity index (χ0v) is 4.33. The van der Waals surface area contributed by atoms with Gasteiger partial charge in [0, 0.05) is 0 Å². The van der Waals surface area contributed by atoms with Crippen molar-refractivity contribution in [3.05, 3.63) is 0 Å². The molecule has 0 fully saturated rings. The van der Waals surface area contributed by atoms with Crippen LogP contribution in [0.15, 0.2) is 0 Å². The third-order valence-corrected chi connectivity index (χ3v) is 0.558. The van der Waals surface area contributed by atoms with Crippen LogP contribution in [0.4, 0.5) is 0 Å². The van der Waals surface area contributed by atoms with Crippen LogP contribution in [-0.2, 0) is 9.63 Å². The van der Waals surface area contributed by atoms with Gasteiger partial charge >= 0.3 is 0 Å². The monoisotopic (exact) mass is 119 g/mol. The van der Waals surface area contributed by atoms with Gasteiger partial charge in [0.05, 0.1) is 0 Å². The van der Waals surface area contributed by atoms with Gasteiger partial charge in [-0.25, -0.2) is 5.90 Å². The van der Waals surface area contributed by atoms with E-state index in [1.54, 1.807) is 0 Å². The molecule has 0 aromatic carbocycles. The van der Waals surface area contributed by atoms with E-state index in [1.165, 1.54) is 0 Å². The maximum Gasteiger partial charge on any atom is 0.208 e. The summed E-state index contributed by atoms with van der Waals surface area (Å²) >= 11 is 0. The van der Waals surface area contributed by atoms with Crippen molar-refractivity contribution in [1.82, 2.24) is 5.32 Å². The van der Waals surface area contributed by atoms with E-state index in [9.17, 15) is 4.79 Å². The summed E-state index contributed by atoms with van der Waals surface area (Å²) in [5, 5.41) is 2.24. The zero-order valence-electron chi connectivity index (χ0n) is 4.33. The van der Waals surface area contributed by atoms with Crippen molar-refractivity contribution in [3.63, 3.8) is 0 Å². The molecule has 0 aliphatic carbocycles. The second kappa shape index (κ2) is 4.51. The first-order valence-electron chi connectivity index (χ1n) is 2.08. The van der Waals surface area contributed by atoms with Crippen molar-refractivity contribution in [1.29, 1.82) is 0 Å². The molecule has 0 rings (SSSR count). The minimum absolute atomic E-state index is 0.124. The fraction of sp³-hybridized carbons (Fsp3) is 0.667. The lowest BCUT2D eigenvalue weighted by atomic mass is 10.6. The first-order valence-corrected chi connectivity index (χ1v) is 2.08. The molecule has 1 unspecified atom stereocenters. The van der Waals surface area contributed by atoms with Crippen LogP contribution in [0.25, 0.3) is 0 Å². The minimum Gasteiger partial charge on any atom is -0.341 e. The van der Waals surface area contributed by atoms with Crippen LogP contribution < -0.4 is 16.9 Å². The van der Waals surface area contributed by atoms with Gasteiger partial charge in [-0.05, 0) is 0 Å². The second-order valence-electron chi connectivity index (χ2n) is 1.22. The molecule has 0 aromatic heterocycles. The highest BCUT2D eigenvalue weighted by Crippen LogP contribution is 1.65. The molecule has 0 radical (unpaired) electrons. The van der Waals surface area contributed by atoms with Gasteiger partial charge in [0.1, 0.15) is 12.8 Å². The quantitative estimate of drug-likeness (QED) is 0.225. The molecule has 5 N–H and O–H groups in total. The van der Waals surface area contributed by atoms with Crippen LogP contribution in [0.3, 0.4) is 0 Å². The maximum atomic E-state index is 9.60. The van der Waals surface area contributed by atoms with Crippen molar-refractivity contribution in [2.75, 3.05) is 6.61 Å². The Balaban J connectivity index is 3.03.